The van der Waals surface area contributed by atoms with Gasteiger partial charge in [0.15, 0.2) is 0 Å². The minimum absolute atomic E-state index is 0.0937. The van der Waals surface area contributed by atoms with Crippen LogP contribution < -0.4 is 5.32 Å². The van der Waals surface area contributed by atoms with Crippen molar-refractivity contribution in [3.63, 3.8) is 0 Å². The van der Waals surface area contributed by atoms with Gasteiger partial charge < -0.3 is 10.1 Å². The molecule has 1 aromatic rings. The number of hydrogen-bond acceptors (Lipinski definition) is 2. The highest BCUT2D eigenvalue weighted by Crippen LogP contribution is 2.30. The van der Waals surface area contributed by atoms with E-state index in [0.29, 0.717) is 18.7 Å². The lowest BCUT2D eigenvalue weighted by Gasteiger charge is -2.31. The SMILES string of the molecule is CCNC(c1cc(F)c(Br)cc1F)C1CCCCO1. The van der Waals surface area contributed by atoms with E-state index in [0.717, 1.165) is 19.3 Å². The normalized spacial score (nSPS) is 21.4. The van der Waals surface area contributed by atoms with Crippen molar-refractivity contribution in [1.82, 2.24) is 5.32 Å². The van der Waals surface area contributed by atoms with Gasteiger partial charge in [0.05, 0.1) is 16.6 Å². The third kappa shape index (κ3) is 3.52. The largest absolute Gasteiger partial charge is 0.376 e. The van der Waals surface area contributed by atoms with Crippen LogP contribution in [-0.4, -0.2) is 19.3 Å². The van der Waals surface area contributed by atoms with Crippen molar-refractivity contribution in [2.75, 3.05) is 13.2 Å². The smallest absolute Gasteiger partial charge is 0.137 e. The van der Waals surface area contributed by atoms with Gasteiger partial charge in [-0.1, -0.05) is 6.92 Å². The Morgan fingerprint density at radius 1 is 1.37 bits per heavy atom. The van der Waals surface area contributed by atoms with Gasteiger partial charge in [-0.25, -0.2) is 8.78 Å². The fourth-order valence-corrected chi connectivity index (χ4v) is 2.78. The van der Waals surface area contributed by atoms with Crippen molar-refractivity contribution in [3.05, 3.63) is 33.8 Å². The van der Waals surface area contributed by atoms with E-state index in [1.54, 1.807) is 0 Å². The van der Waals surface area contributed by atoms with E-state index in [1.807, 2.05) is 6.92 Å². The van der Waals surface area contributed by atoms with Crippen molar-refractivity contribution < 1.29 is 13.5 Å². The Bertz CT molecular complexity index is 436. The maximum Gasteiger partial charge on any atom is 0.137 e. The first kappa shape index (κ1) is 14.9. The number of rotatable bonds is 4. The Morgan fingerprint density at radius 2 is 2.16 bits per heavy atom. The number of halogens is 3. The molecule has 0 radical (unpaired) electrons. The first-order valence-electron chi connectivity index (χ1n) is 6.63. The number of likely N-dealkylation sites (N-methyl/N-ethyl adjacent to an activating group) is 1. The molecule has 1 saturated heterocycles. The van der Waals surface area contributed by atoms with Crippen LogP contribution in [0.4, 0.5) is 8.78 Å². The zero-order chi connectivity index (χ0) is 13.8. The lowest BCUT2D eigenvalue weighted by atomic mass is 9.95. The third-order valence-corrected chi connectivity index (χ3v) is 3.99. The van der Waals surface area contributed by atoms with Gasteiger partial charge in [0.2, 0.25) is 0 Å². The molecular weight excluding hydrogens is 316 g/mol. The molecule has 0 aliphatic carbocycles. The first-order valence-corrected chi connectivity index (χ1v) is 7.42. The summed E-state index contributed by atoms with van der Waals surface area (Å²) in [5.41, 5.74) is 0.342. The van der Waals surface area contributed by atoms with Crippen LogP contribution in [-0.2, 0) is 4.74 Å². The standard InChI is InChI=1S/C14H18BrF2NO/c1-2-18-14(13-5-3-4-6-19-13)9-7-12(17)10(15)8-11(9)16/h7-8,13-14,18H,2-6H2,1H3. The topological polar surface area (TPSA) is 21.3 Å². The zero-order valence-corrected chi connectivity index (χ0v) is 12.5. The number of ether oxygens (including phenoxy) is 1. The van der Waals surface area contributed by atoms with Gasteiger partial charge in [-0.15, -0.1) is 0 Å². The fourth-order valence-electron chi connectivity index (χ4n) is 2.47. The first-order chi connectivity index (χ1) is 9.13. The molecule has 2 atom stereocenters. The van der Waals surface area contributed by atoms with Crippen molar-refractivity contribution in [2.24, 2.45) is 0 Å². The van der Waals surface area contributed by atoms with Gasteiger partial charge in [0, 0.05) is 12.2 Å². The summed E-state index contributed by atoms with van der Waals surface area (Å²) >= 11 is 3.00. The molecule has 5 heteroatoms. The summed E-state index contributed by atoms with van der Waals surface area (Å²) in [5, 5.41) is 3.21. The van der Waals surface area contributed by atoms with Crippen molar-refractivity contribution in [3.8, 4) is 0 Å². The molecule has 2 rings (SSSR count). The quantitative estimate of drug-likeness (QED) is 0.842. The van der Waals surface area contributed by atoms with Crippen LogP contribution in [0.5, 0.6) is 0 Å². The van der Waals surface area contributed by atoms with Gasteiger partial charge in [-0.3, -0.25) is 0 Å². The fraction of sp³-hybridized carbons (Fsp3) is 0.571. The Labute approximate surface area is 120 Å². The third-order valence-electron chi connectivity index (χ3n) is 3.39. The Morgan fingerprint density at radius 3 is 2.79 bits per heavy atom. The van der Waals surface area contributed by atoms with Gasteiger partial charge in [0.25, 0.3) is 0 Å². The van der Waals surface area contributed by atoms with E-state index in [4.69, 9.17) is 4.74 Å². The molecule has 1 aliphatic heterocycles. The lowest BCUT2D eigenvalue weighted by Crippen LogP contribution is -2.36. The predicted octanol–water partition coefficient (Wildman–Crippen LogP) is 3.95. The van der Waals surface area contributed by atoms with Crippen LogP contribution in [0.25, 0.3) is 0 Å². The second-order valence-electron chi connectivity index (χ2n) is 4.73. The molecule has 2 unspecified atom stereocenters. The van der Waals surface area contributed by atoms with Gasteiger partial charge in [0.1, 0.15) is 11.6 Å². The Kier molecular flexibility index (Phi) is 5.30. The molecule has 0 amide bonds. The molecule has 2 nitrogen and oxygen atoms in total. The highest BCUT2D eigenvalue weighted by Gasteiger charge is 2.28. The van der Waals surface area contributed by atoms with E-state index in [1.165, 1.54) is 12.1 Å². The minimum Gasteiger partial charge on any atom is -0.376 e. The summed E-state index contributed by atoms with van der Waals surface area (Å²) in [7, 11) is 0. The maximum atomic E-state index is 14.1. The van der Waals surface area contributed by atoms with E-state index >= 15 is 0 Å². The summed E-state index contributed by atoms with van der Waals surface area (Å²) in [4.78, 5) is 0. The van der Waals surface area contributed by atoms with Crippen LogP contribution in [0, 0.1) is 11.6 Å². The number of hydrogen-bond donors (Lipinski definition) is 1. The van der Waals surface area contributed by atoms with Crippen molar-refractivity contribution in [2.45, 2.75) is 38.3 Å². The monoisotopic (exact) mass is 333 g/mol. The lowest BCUT2D eigenvalue weighted by molar-refractivity contribution is -0.00862. The molecular formula is C14H18BrF2NO. The summed E-state index contributed by atoms with van der Waals surface area (Å²) < 4.78 is 33.6. The average Bonchev–Trinajstić information content (AvgIpc) is 2.42. The zero-order valence-electron chi connectivity index (χ0n) is 10.9. The summed E-state index contributed by atoms with van der Waals surface area (Å²) in [6, 6.07) is 2.13. The molecule has 1 N–H and O–H groups in total. The van der Waals surface area contributed by atoms with E-state index in [9.17, 15) is 8.78 Å². The highest BCUT2D eigenvalue weighted by atomic mass is 79.9. The molecule has 0 saturated carbocycles. The highest BCUT2D eigenvalue weighted by molar-refractivity contribution is 9.10. The predicted molar refractivity (Wildman–Crippen MR) is 74.1 cm³/mol. The number of nitrogens with one attached hydrogen (secondary N) is 1. The van der Waals surface area contributed by atoms with Crippen LogP contribution in [0.1, 0.15) is 37.8 Å². The van der Waals surface area contributed by atoms with Crippen molar-refractivity contribution in [1.29, 1.82) is 0 Å². The minimum atomic E-state index is -0.449. The maximum absolute atomic E-state index is 14.1. The molecule has 106 valence electrons. The average molecular weight is 334 g/mol. The van der Waals surface area contributed by atoms with Crippen LogP contribution in [0.15, 0.2) is 16.6 Å². The van der Waals surface area contributed by atoms with Gasteiger partial charge in [-0.2, -0.15) is 0 Å². The van der Waals surface area contributed by atoms with E-state index in [-0.39, 0.29) is 16.6 Å². The van der Waals surface area contributed by atoms with Crippen LogP contribution >= 0.6 is 15.9 Å². The van der Waals surface area contributed by atoms with Gasteiger partial charge in [-0.05, 0) is 53.9 Å². The Balaban J connectivity index is 2.29. The summed E-state index contributed by atoms with van der Waals surface area (Å²) in [6.07, 6.45) is 2.87. The second-order valence-corrected chi connectivity index (χ2v) is 5.58. The van der Waals surface area contributed by atoms with Crippen molar-refractivity contribution >= 4 is 15.9 Å². The molecule has 1 heterocycles. The van der Waals surface area contributed by atoms with Crippen LogP contribution in [0.2, 0.25) is 0 Å². The molecule has 1 fully saturated rings. The molecule has 0 bridgehead atoms. The molecule has 1 aromatic carbocycles. The van der Waals surface area contributed by atoms with E-state index in [2.05, 4.69) is 21.2 Å². The van der Waals surface area contributed by atoms with Gasteiger partial charge >= 0.3 is 0 Å². The molecule has 19 heavy (non-hydrogen) atoms. The second kappa shape index (κ2) is 6.77. The number of benzene rings is 1. The summed E-state index contributed by atoms with van der Waals surface area (Å²) in [5.74, 6) is -0.858. The molecule has 0 aromatic heterocycles. The van der Waals surface area contributed by atoms with Crippen LogP contribution in [0.3, 0.4) is 0 Å². The molecule has 0 spiro atoms. The van der Waals surface area contributed by atoms with E-state index < -0.39 is 11.6 Å². The molecule has 1 aliphatic rings. The summed E-state index contributed by atoms with van der Waals surface area (Å²) in [6.45, 7) is 3.32. The Hall–Kier alpha value is -0.520.